The molecule has 1 aliphatic carbocycles. The van der Waals surface area contributed by atoms with Crippen molar-refractivity contribution in [3.63, 3.8) is 0 Å². The molecule has 3 unspecified atom stereocenters. The molecule has 1 rings (SSSR count). The van der Waals surface area contributed by atoms with Crippen LogP contribution in [0.4, 0.5) is 13.2 Å². The molecule has 1 aliphatic rings. The van der Waals surface area contributed by atoms with Gasteiger partial charge in [-0.05, 0) is 26.2 Å². The molecule has 0 radical (unpaired) electrons. The Labute approximate surface area is 112 Å². The summed E-state index contributed by atoms with van der Waals surface area (Å²) < 4.78 is 38.8. The van der Waals surface area contributed by atoms with Crippen LogP contribution in [-0.2, 0) is 4.79 Å². The molecule has 0 spiro atoms. The molecule has 3 nitrogen and oxygen atoms in total. The molecular formula is C13H23F3N2O. The van der Waals surface area contributed by atoms with Crippen molar-refractivity contribution in [2.24, 2.45) is 17.6 Å². The molecule has 6 heteroatoms. The highest BCUT2D eigenvalue weighted by Gasteiger charge is 2.48. The summed E-state index contributed by atoms with van der Waals surface area (Å²) in [4.78, 5) is 13.6. The molecule has 0 aromatic heterocycles. The Hall–Kier alpha value is -0.780. The molecule has 0 aliphatic heterocycles. The summed E-state index contributed by atoms with van der Waals surface area (Å²) in [6.45, 7) is 2.23. The first kappa shape index (κ1) is 16.3. The van der Waals surface area contributed by atoms with Crippen LogP contribution in [0.1, 0.15) is 39.0 Å². The van der Waals surface area contributed by atoms with Gasteiger partial charge in [0.25, 0.3) is 0 Å². The minimum atomic E-state index is -4.28. The maximum absolute atomic E-state index is 12.9. The van der Waals surface area contributed by atoms with Gasteiger partial charge in [-0.15, -0.1) is 0 Å². The number of hydrogen-bond acceptors (Lipinski definition) is 2. The predicted octanol–water partition coefficient (Wildman–Crippen LogP) is 2.55. The second-order valence-corrected chi connectivity index (χ2v) is 5.56. The van der Waals surface area contributed by atoms with Gasteiger partial charge >= 0.3 is 6.18 Å². The Bertz CT molecular complexity index is 305. The monoisotopic (exact) mass is 280 g/mol. The van der Waals surface area contributed by atoms with Gasteiger partial charge in [0, 0.05) is 25.6 Å². The highest BCUT2D eigenvalue weighted by molar-refractivity contribution is 5.79. The van der Waals surface area contributed by atoms with E-state index >= 15 is 0 Å². The molecule has 0 bridgehead atoms. The van der Waals surface area contributed by atoms with Gasteiger partial charge < -0.3 is 10.6 Å². The molecule has 112 valence electrons. The summed E-state index contributed by atoms with van der Waals surface area (Å²) in [5, 5.41) is 0. The number of halogens is 3. The molecule has 1 saturated carbocycles. The maximum atomic E-state index is 12.9. The first-order valence-corrected chi connectivity index (χ1v) is 6.80. The van der Waals surface area contributed by atoms with Gasteiger partial charge in [-0.2, -0.15) is 13.2 Å². The number of amides is 1. The van der Waals surface area contributed by atoms with Gasteiger partial charge in [0.1, 0.15) is 0 Å². The zero-order valence-electron chi connectivity index (χ0n) is 11.5. The van der Waals surface area contributed by atoms with E-state index in [2.05, 4.69) is 0 Å². The second kappa shape index (κ2) is 6.59. The molecule has 0 saturated heterocycles. The van der Waals surface area contributed by atoms with Crippen LogP contribution in [0.15, 0.2) is 0 Å². The molecule has 0 aromatic rings. The second-order valence-electron chi connectivity index (χ2n) is 5.56. The number of nitrogens with zero attached hydrogens (tertiary/aromatic N) is 1. The fourth-order valence-corrected chi connectivity index (χ4v) is 2.61. The van der Waals surface area contributed by atoms with Gasteiger partial charge in [0.05, 0.1) is 5.92 Å². The Morgan fingerprint density at radius 1 is 1.37 bits per heavy atom. The highest BCUT2D eigenvalue weighted by Crippen LogP contribution is 2.42. The van der Waals surface area contributed by atoms with E-state index in [1.807, 2.05) is 6.92 Å². The third-order valence-corrected chi connectivity index (χ3v) is 3.80. The van der Waals surface area contributed by atoms with Crippen molar-refractivity contribution < 1.29 is 18.0 Å². The van der Waals surface area contributed by atoms with E-state index in [9.17, 15) is 18.0 Å². The quantitative estimate of drug-likeness (QED) is 0.860. The van der Waals surface area contributed by atoms with Gasteiger partial charge in [0.15, 0.2) is 0 Å². The van der Waals surface area contributed by atoms with E-state index in [0.717, 1.165) is 0 Å². The number of hydrogen-bond donors (Lipinski definition) is 1. The lowest BCUT2D eigenvalue weighted by molar-refractivity contribution is -0.200. The van der Waals surface area contributed by atoms with E-state index in [0.29, 0.717) is 32.2 Å². The maximum Gasteiger partial charge on any atom is 0.392 e. The van der Waals surface area contributed by atoms with Crippen LogP contribution in [0.3, 0.4) is 0 Å². The lowest BCUT2D eigenvalue weighted by Gasteiger charge is -2.34. The Morgan fingerprint density at radius 3 is 2.47 bits per heavy atom. The first-order valence-electron chi connectivity index (χ1n) is 6.80. The standard InChI is InChI=1S/C13H23F3N2O/c1-9(17)7-8-18(2)12(19)10-5-3-4-6-11(10)13(14,15)16/h9-11H,3-8,17H2,1-2H3. The zero-order chi connectivity index (χ0) is 14.6. The van der Waals surface area contributed by atoms with E-state index < -0.39 is 18.0 Å². The highest BCUT2D eigenvalue weighted by atomic mass is 19.4. The summed E-state index contributed by atoms with van der Waals surface area (Å²) in [6, 6.07) is -0.0555. The number of rotatable bonds is 4. The van der Waals surface area contributed by atoms with Crippen molar-refractivity contribution >= 4 is 5.91 Å². The van der Waals surface area contributed by atoms with E-state index in [-0.39, 0.29) is 18.4 Å². The van der Waals surface area contributed by atoms with Gasteiger partial charge in [-0.25, -0.2) is 0 Å². The topological polar surface area (TPSA) is 46.3 Å². The molecule has 3 atom stereocenters. The van der Waals surface area contributed by atoms with Crippen LogP contribution in [0.25, 0.3) is 0 Å². The van der Waals surface area contributed by atoms with Crippen LogP contribution in [0.2, 0.25) is 0 Å². The Kier molecular flexibility index (Phi) is 5.64. The summed E-state index contributed by atoms with van der Waals surface area (Å²) in [6.07, 6.45) is -2.01. The van der Waals surface area contributed by atoms with Gasteiger partial charge in [-0.3, -0.25) is 4.79 Å². The van der Waals surface area contributed by atoms with Crippen molar-refractivity contribution in [3.8, 4) is 0 Å². The summed E-state index contributed by atoms with van der Waals surface area (Å²) in [5.41, 5.74) is 5.60. The lowest BCUT2D eigenvalue weighted by atomic mass is 9.78. The lowest BCUT2D eigenvalue weighted by Crippen LogP contribution is -2.44. The third kappa shape index (κ3) is 4.67. The average molecular weight is 280 g/mol. The van der Waals surface area contributed by atoms with E-state index in [4.69, 9.17) is 5.73 Å². The smallest absolute Gasteiger partial charge is 0.345 e. The van der Waals surface area contributed by atoms with Gasteiger partial charge in [-0.1, -0.05) is 12.8 Å². The molecule has 0 heterocycles. The van der Waals surface area contributed by atoms with Crippen LogP contribution < -0.4 is 5.73 Å². The average Bonchev–Trinajstić information content (AvgIpc) is 2.34. The number of carbonyl (C=O) groups is 1. The first-order chi connectivity index (χ1) is 8.73. The van der Waals surface area contributed by atoms with Crippen molar-refractivity contribution in [3.05, 3.63) is 0 Å². The van der Waals surface area contributed by atoms with Crippen molar-refractivity contribution in [1.29, 1.82) is 0 Å². The van der Waals surface area contributed by atoms with Crippen molar-refractivity contribution in [2.45, 2.75) is 51.2 Å². The predicted molar refractivity (Wildman–Crippen MR) is 67.4 cm³/mol. The number of alkyl halides is 3. The van der Waals surface area contributed by atoms with Crippen molar-refractivity contribution in [1.82, 2.24) is 4.90 Å². The third-order valence-electron chi connectivity index (χ3n) is 3.80. The van der Waals surface area contributed by atoms with Crippen LogP contribution in [-0.4, -0.2) is 36.6 Å². The molecule has 19 heavy (non-hydrogen) atoms. The van der Waals surface area contributed by atoms with E-state index in [1.54, 1.807) is 7.05 Å². The Balaban J connectivity index is 2.66. The fraction of sp³-hybridized carbons (Fsp3) is 0.923. The van der Waals surface area contributed by atoms with Crippen LogP contribution in [0, 0.1) is 11.8 Å². The minimum Gasteiger partial charge on any atom is -0.345 e. The molecule has 1 fully saturated rings. The van der Waals surface area contributed by atoms with Gasteiger partial charge in [0.2, 0.25) is 5.91 Å². The molecular weight excluding hydrogens is 257 g/mol. The summed E-state index contributed by atoms with van der Waals surface area (Å²) in [7, 11) is 1.56. The number of carbonyl (C=O) groups excluding carboxylic acids is 1. The van der Waals surface area contributed by atoms with Crippen LogP contribution >= 0.6 is 0 Å². The van der Waals surface area contributed by atoms with Crippen LogP contribution in [0.5, 0.6) is 0 Å². The van der Waals surface area contributed by atoms with Crippen molar-refractivity contribution in [2.75, 3.05) is 13.6 Å². The van der Waals surface area contributed by atoms with E-state index in [1.165, 1.54) is 4.90 Å². The normalized spacial score (nSPS) is 26.0. The fourth-order valence-electron chi connectivity index (χ4n) is 2.61. The summed E-state index contributed by atoms with van der Waals surface area (Å²) in [5.74, 6) is -2.78. The zero-order valence-corrected chi connectivity index (χ0v) is 11.5. The molecule has 0 aromatic carbocycles. The number of nitrogens with two attached hydrogens (primary N) is 1. The Morgan fingerprint density at radius 2 is 1.95 bits per heavy atom. The molecule has 2 N–H and O–H groups in total. The SMILES string of the molecule is CC(N)CCN(C)C(=O)C1CCCCC1C(F)(F)F. The molecule has 1 amide bonds. The largest absolute Gasteiger partial charge is 0.392 e. The minimum absolute atomic E-state index is 0.0555. The summed E-state index contributed by atoms with van der Waals surface area (Å²) >= 11 is 0.